The van der Waals surface area contributed by atoms with E-state index in [1.165, 1.54) is 12.1 Å². The minimum Gasteiger partial charge on any atom is -0.439 e. The molecule has 8 heteroatoms. The Morgan fingerprint density at radius 1 is 1.13 bits per heavy atom. The summed E-state index contributed by atoms with van der Waals surface area (Å²) >= 11 is 0. The van der Waals surface area contributed by atoms with Gasteiger partial charge in [-0.05, 0) is 54.7 Å². The van der Waals surface area contributed by atoms with Gasteiger partial charge in [-0.25, -0.2) is 19.3 Å². The van der Waals surface area contributed by atoms with Gasteiger partial charge in [-0.3, -0.25) is 0 Å². The summed E-state index contributed by atoms with van der Waals surface area (Å²) < 4.78 is 18.7. The van der Waals surface area contributed by atoms with Gasteiger partial charge in [0.2, 0.25) is 5.88 Å². The predicted molar refractivity (Wildman–Crippen MR) is 112 cm³/mol. The Morgan fingerprint density at radius 3 is 2.83 bits per heavy atom. The molecule has 4 rings (SSSR count). The Kier molecular flexibility index (Phi) is 6.34. The number of rotatable bonds is 7. The number of ether oxygens (including phenoxy) is 1. The maximum absolute atomic E-state index is 13.0. The molecule has 2 aromatic heterocycles. The Hall–Kier alpha value is -3.26. The molecule has 3 aromatic rings. The zero-order valence-electron chi connectivity index (χ0n) is 16.5. The number of aliphatic hydroxyl groups excluding tert-OH is 1. The van der Waals surface area contributed by atoms with Crippen molar-refractivity contribution in [3.05, 3.63) is 66.4 Å². The predicted octanol–water partition coefficient (Wildman–Crippen LogP) is 3.62. The number of nitrogens with one attached hydrogen (secondary N) is 1. The van der Waals surface area contributed by atoms with Crippen LogP contribution in [0.25, 0.3) is 0 Å². The normalized spacial score (nSPS) is 16.3. The van der Waals surface area contributed by atoms with Crippen LogP contribution in [0.5, 0.6) is 11.6 Å². The van der Waals surface area contributed by atoms with Crippen LogP contribution in [0.4, 0.5) is 16.0 Å². The van der Waals surface area contributed by atoms with Crippen molar-refractivity contribution in [1.29, 1.82) is 0 Å². The van der Waals surface area contributed by atoms with Gasteiger partial charge >= 0.3 is 0 Å². The SMILES string of the molecule is OCC1CCCN(c2cc(NCc3ccnc(Oc4ccc(F)cc4)c3)ncn2)C1. The largest absolute Gasteiger partial charge is 0.439 e. The average Bonchev–Trinajstić information content (AvgIpc) is 2.80. The molecule has 1 atom stereocenters. The first-order valence-corrected chi connectivity index (χ1v) is 9.99. The molecule has 0 bridgehead atoms. The Morgan fingerprint density at radius 2 is 2.00 bits per heavy atom. The zero-order chi connectivity index (χ0) is 20.8. The molecule has 1 aliphatic rings. The second-order valence-corrected chi connectivity index (χ2v) is 7.31. The van der Waals surface area contributed by atoms with E-state index in [0.717, 1.165) is 43.1 Å². The summed E-state index contributed by atoms with van der Waals surface area (Å²) in [5.74, 6) is 2.53. The van der Waals surface area contributed by atoms with Gasteiger partial charge in [-0.15, -0.1) is 0 Å². The molecular formula is C22H24FN5O2. The third-order valence-corrected chi connectivity index (χ3v) is 5.06. The summed E-state index contributed by atoms with van der Waals surface area (Å²) in [6, 6.07) is 11.5. The second-order valence-electron chi connectivity index (χ2n) is 7.31. The highest BCUT2D eigenvalue weighted by atomic mass is 19.1. The second kappa shape index (κ2) is 9.49. The highest BCUT2D eigenvalue weighted by Gasteiger charge is 2.20. The molecule has 0 saturated carbocycles. The van der Waals surface area contributed by atoms with Gasteiger partial charge in [0.05, 0.1) is 0 Å². The Balaban J connectivity index is 1.38. The van der Waals surface area contributed by atoms with E-state index in [-0.39, 0.29) is 12.4 Å². The smallest absolute Gasteiger partial charge is 0.219 e. The summed E-state index contributed by atoms with van der Waals surface area (Å²) in [4.78, 5) is 15.1. The van der Waals surface area contributed by atoms with Crippen LogP contribution in [-0.4, -0.2) is 39.8 Å². The van der Waals surface area contributed by atoms with Crippen molar-refractivity contribution in [1.82, 2.24) is 15.0 Å². The molecule has 1 fully saturated rings. The number of halogens is 1. The van der Waals surface area contributed by atoms with E-state index in [1.807, 2.05) is 18.2 Å². The molecular weight excluding hydrogens is 385 g/mol. The van der Waals surface area contributed by atoms with Crippen LogP contribution in [0.15, 0.2) is 55.0 Å². The lowest BCUT2D eigenvalue weighted by Crippen LogP contribution is -2.37. The highest BCUT2D eigenvalue weighted by Crippen LogP contribution is 2.23. The fourth-order valence-electron chi connectivity index (χ4n) is 3.47. The number of anilines is 2. The summed E-state index contributed by atoms with van der Waals surface area (Å²) in [6.45, 7) is 2.48. The number of hydrogen-bond acceptors (Lipinski definition) is 7. The molecule has 30 heavy (non-hydrogen) atoms. The molecule has 1 saturated heterocycles. The average molecular weight is 409 g/mol. The van der Waals surface area contributed by atoms with Crippen LogP contribution in [0.3, 0.4) is 0 Å². The van der Waals surface area contributed by atoms with Crippen molar-refractivity contribution in [2.75, 3.05) is 29.9 Å². The Labute approximate surface area is 174 Å². The van der Waals surface area contributed by atoms with Crippen molar-refractivity contribution in [2.24, 2.45) is 5.92 Å². The number of pyridine rings is 1. The first kappa shape index (κ1) is 20.0. The molecule has 156 valence electrons. The summed E-state index contributed by atoms with van der Waals surface area (Å²) in [5.41, 5.74) is 0.973. The fourth-order valence-corrected chi connectivity index (χ4v) is 3.47. The zero-order valence-corrected chi connectivity index (χ0v) is 16.5. The summed E-state index contributed by atoms with van der Waals surface area (Å²) in [5, 5.41) is 12.7. The van der Waals surface area contributed by atoms with Crippen LogP contribution in [-0.2, 0) is 6.54 Å². The monoisotopic (exact) mass is 409 g/mol. The van der Waals surface area contributed by atoms with Gasteiger partial charge in [0, 0.05) is 44.6 Å². The quantitative estimate of drug-likeness (QED) is 0.617. The number of aliphatic hydroxyl groups is 1. The van der Waals surface area contributed by atoms with Gasteiger partial charge in [-0.1, -0.05) is 0 Å². The van der Waals surface area contributed by atoms with Crippen molar-refractivity contribution >= 4 is 11.6 Å². The maximum Gasteiger partial charge on any atom is 0.219 e. The molecule has 0 amide bonds. The highest BCUT2D eigenvalue weighted by molar-refractivity contribution is 5.49. The number of aromatic nitrogens is 3. The molecule has 7 nitrogen and oxygen atoms in total. The summed E-state index contributed by atoms with van der Waals surface area (Å²) in [6.07, 6.45) is 5.32. The van der Waals surface area contributed by atoms with Crippen LogP contribution in [0.2, 0.25) is 0 Å². The number of piperidine rings is 1. The molecule has 1 aliphatic heterocycles. The first-order valence-electron chi connectivity index (χ1n) is 9.99. The number of hydrogen-bond donors (Lipinski definition) is 2. The van der Waals surface area contributed by atoms with E-state index in [9.17, 15) is 9.50 Å². The van der Waals surface area contributed by atoms with Gasteiger partial charge < -0.3 is 20.1 Å². The van der Waals surface area contributed by atoms with E-state index in [1.54, 1.807) is 24.7 Å². The fraction of sp³-hybridized carbons (Fsp3) is 0.318. The van der Waals surface area contributed by atoms with Crippen LogP contribution < -0.4 is 15.0 Å². The van der Waals surface area contributed by atoms with Crippen molar-refractivity contribution < 1.29 is 14.2 Å². The molecule has 1 unspecified atom stereocenters. The molecule has 2 N–H and O–H groups in total. The van der Waals surface area contributed by atoms with Gasteiger partial charge in [-0.2, -0.15) is 0 Å². The van der Waals surface area contributed by atoms with E-state index < -0.39 is 0 Å². The van der Waals surface area contributed by atoms with E-state index in [2.05, 4.69) is 25.2 Å². The van der Waals surface area contributed by atoms with Crippen LogP contribution in [0, 0.1) is 11.7 Å². The molecule has 0 aliphatic carbocycles. The van der Waals surface area contributed by atoms with Crippen molar-refractivity contribution in [3.8, 4) is 11.6 Å². The van der Waals surface area contributed by atoms with Crippen molar-refractivity contribution in [2.45, 2.75) is 19.4 Å². The third kappa shape index (κ3) is 5.21. The van der Waals surface area contributed by atoms with E-state index >= 15 is 0 Å². The lowest BCUT2D eigenvalue weighted by Gasteiger charge is -2.32. The molecule has 3 heterocycles. The lowest BCUT2D eigenvalue weighted by molar-refractivity contribution is 0.208. The minimum atomic E-state index is -0.311. The third-order valence-electron chi connectivity index (χ3n) is 5.06. The van der Waals surface area contributed by atoms with E-state index in [4.69, 9.17) is 4.74 Å². The van der Waals surface area contributed by atoms with Gasteiger partial charge in [0.1, 0.15) is 29.5 Å². The van der Waals surface area contributed by atoms with E-state index in [0.29, 0.717) is 24.1 Å². The molecule has 0 spiro atoms. The van der Waals surface area contributed by atoms with Gasteiger partial charge in [0.25, 0.3) is 0 Å². The number of benzene rings is 1. The molecule has 0 radical (unpaired) electrons. The minimum absolute atomic E-state index is 0.205. The molecule has 1 aromatic carbocycles. The van der Waals surface area contributed by atoms with Gasteiger partial charge in [0.15, 0.2) is 0 Å². The topological polar surface area (TPSA) is 83.4 Å². The lowest BCUT2D eigenvalue weighted by atomic mass is 9.99. The Bertz CT molecular complexity index is 970. The maximum atomic E-state index is 13.0. The van der Waals surface area contributed by atoms with Crippen LogP contribution in [0.1, 0.15) is 18.4 Å². The van der Waals surface area contributed by atoms with Crippen LogP contribution >= 0.6 is 0 Å². The summed E-state index contributed by atoms with van der Waals surface area (Å²) in [7, 11) is 0. The standard InChI is InChI=1S/C22H24FN5O2/c23-18-3-5-19(6-4-18)30-22-10-16(7-8-24-22)12-25-20-11-21(27-15-26-20)28-9-1-2-17(13-28)14-29/h3-8,10-11,15,17,29H,1-2,9,12-14H2,(H,25,26,27). The first-order chi connectivity index (χ1) is 14.7. The van der Waals surface area contributed by atoms with Crippen molar-refractivity contribution in [3.63, 3.8) is 0 Å². The number of nitrogens with zero attached hydrogens (tertiary/aromatic N) is 4.